The Morgan fingerprint density at radius 3 is 2.79 bits per heavy atom. The lowest BCUT2D eigenvalue weighted by Crippen LogP contribution is -2.31. The van der Waals surface area contributed by atoms with Gasteiger partial charge >= 0.3 is 0 Å². The smallest absolute Gasteiger partial charge is 0.257 e. The maximum absolute atomic E-state index is 12.1. The van der Waals surface area contributed by atoms with Crippen LogP contribution in [-0.4, -0.2) is 43.3 Å². The van der Waals surface area contributed by atoms with Crippen molar-refractivity contribution < 1.29 is 9.53 Å². The molecular formula is C25H28N4O3S. The number of carbonyl (C=O) groups excluding carboxylic acids is 1. The molecule has 172 valence electrons. The Morgan fingerprint density at radius 1 is 1.03 bits per heavy atom. The molecular weight excluding hydrogens is 436 g/mol. The van der Waals surface area contributed by atoms with Crippen LogP contribution in [0.25, 0.3) is 21.0 Å². The van der Waals surface area contributed by atoms with Crippen molar-refractivity contribution in [2.75, 3.05) is 38.1 Å². The SMILES string of the molecule is NCC(=O)n1c(=O)ccc2ccc(OCCCCNCCNc3cccc4sccc34)cc21. The van der Waals surface area contributed by atoms with Crippen molar-refractivity contribution in [3.63, 3.8) is 0 Å². The minimum atomic E-state index is -0.435. The highest BCUT2D eigenvalue weighted by Gasteiger charge is 2.10. The lowest BCUT2D eigenvalue weighted by molar-refractivity contribution is 0.0924. The normalized spacial score (nSPS) is 11.2. The van der Waals surface area contributed by atoms with E-state index in [1.54, 1.807) is 23.5 Å². The minimum absolute atomic E-state index is 0.226. The van der Waals surface area contributed by atoms with Crippen molar-refractivity contribution in [1.29, 1.82) is 0 Å². The monoisotopic (exact) mass is 464 g/mol. The summed E-state index contributed by atoms with van der Waals surface area (Å²) in [5, 5.41) is 11.1. The molecule has 0 saturated heterocycles. The van der Waals surface area contributed by atoms with Gasteiger partial charge in [-0.15, -0.1) is 11.3 Å². The average molecular weight is 465 g/mol. The Kier molecular flexibility index (Phi) is 7.72. The molecule has 0 aliphatic carbocycles. The number of anilines is 1. The van der Waals surface area contributed by atoms with Crippen LogP contribution in [0.2, 0.25) is 0 Å². The third kappa shape index (κ3) is 5.60. The average Bonchev–Trinajstić information content (AvgIpc) is 3.32. The summed E-state index contributed by atoms with van der Waals surface area (Å²) in [6, 6.07) is 17.0. The Bertz CT molecular complexity index is 1300. The Balaban J connectivity index is 1.18. The molecule has 0 unspecified atom stereocenters. The highest BCUT2D eigenvalue weighted by Crippen LogP contribution is 2.27. The molecule has 0 bridgehead atoms. The van der Waals surface area contributed by atoms with Crippen LogP contribution < -0.4 is 26.7 Å². The summed E-state index contributed by atoms with van der Waals surface area (Å²) >= 11 is 1.76. The van der Waals surface area contributed by atoms with Crippen LogP contribution in [0.5, 0.6) is 5.75 Å². The van der Waals surface area contributed by atoms with Crippen molar-refractivity contribution in [3.8, 4) is 5.75 Å². The molecule has 33 heavy (non-hydrogen) atoms. The third-order valence-electron chi connectivity index (χ3n) is 5.42. The number of hydrogen-bond donors (Lipinski definition) is 3. The second kappa shape index (κ2) is 11.1. The minimum Gasteiger partial charge on any atom is -0.494 e. The van der Waals surface area contributed by atoms with Crippen LogP contribution in [0.3, 0.4) is 0 Å². The molecule has 0 saturated carbocycles. The number of pyridine rings is 1. The summed E-state index contributed by atoms with van der Waals surface area (Å²) in [5.41, 5.74) is 6.76. The first-order valence-corrected chi connectivity index (χ1v) is 12.0. The van der Waals surface area contributed by atoms with Crippen LogP contribution in [0.15, 0.2) is 64.8 Å². The van der Waals surface area contributed by atoms with Gasteiger partial charge in [0.05, 0.1) is 18.7 Å². The molecule has 2 aromatic heterocycles. The van der Waals surface area contributed by atoms with Gasteiger partial charge in [0.15, 0.2) is 0 Å². The molecule has 8 heteroatoms. The zero-order valence-electron chi connectivity index (χ0n) is 18.4. The van der Waals surface area contributed by atoms with E-state index in [1.165, 1.54) is 21.8 Å². The number of benzene rings is 2. The fourth-order valence-corrected chi connectivity index (χ4v) is 4.56. The topological polar surface area (TPSA) is 98.4 Å². The number of nitrogens with zero attached hydrogens (tertiary/aromatic N) is 1. The number of nitrogens with one attached hydrogen (secondary N) is 2. The van der Waals surface area contributed by atoms with E-state index in [0.717, 1.165) is 42.4 Å². The molecule has 0 fully saturated rings. The van der Waals surface area contributed by atoms with Gasteiger partial charge in [-0.3, -0.25) is 9.59 Å². The Morgan fingerprint density at radius 2 is 1.91 bits per heavy atom. The molecule has 4 aromatic rings. The van der Waals surface area contributed by atoms with E-state index < -0.39 is 5.91 Å². The summed E-state index contributed by atoms with van der Waals surface area (Å²) in [6.07, 6.45) is 1.89. The number of unbranched alkanes of at least 4 members (excludes halogenated alkanes) is 1. The number of ether oxygens (including phenoxy) is 1. The third-order valence-corrected chi connectivity index (χ3v) is 6.30. The number of fused-ring (bicyclic) bond motifs is 2. The van der Waals surface area contributed by atoms with Crippen LogP contribution in [0.1, 0.15) is 17.6 Å². The van der Waals surface area contributed by atoms with Crippen molar-refractivity contribution in [1.82, 2.24) is 9.88 Å². The van der Waals surface area contributed by atoms with E-state index in [4.69, 9.17) is 10.5 Å². The standard InChI is InChI=1S/C25H28N4O3S/c26-17-25(31)29-22-16-19(8-6-18(22)7-9-24(29)30)32-14-2-1-11-27-12-13-28-21-4-3-5-23-20(21)10-15-33-23/h3-10,15-16,27-28H,1-2,11-14,17,26H2. The van der Waals surface area contributed by atoms with Gasteiger partial charge < -0.3 is 21.1 Å². The predicted octanol–water partition coefficient (Wildman–Crippen LogP) is 3.68. The van der Waals surface area contributed by atoms with Crippen molar-refractivity contribution >= 4 is 43.9 Å². The number of hydrogen-bond acceptors (Lipinski definition) is 7. The first kappa shape index (κ1) is 23.0. The quantitative estimate of drug-likeness (QED) is 0.293. The maximum atomic E-state index is 12.1. The first-order valence-electron chi connectivity index (χ1n) is 11.1. The number of rotatable bonds is 11. The molecule has 0 radical (unpaired) electrons. The summed E-state index contributed by atoms with van der Waals surface area (Å²) in [5.74, 6) is 0.196. The second-order valence-corrected chi connectivity index (χ2v) is 8.64. The van der Waals surface area contributed by atoms with Gasteiger partial charge in [0, 0.05) is 41.0 Å². The number of carbonyl (C=O) groups is 1. The van der Waals surface area contributed by atoms with Gasteiger partial charge in [-0.25, -0.2) is 4.57 Å². The zero-order chi connectivity index (χ0) is 23.0. The van der Waals surface area contributed by atoms with Crippen LogP contribution in [0, 0.1) is 0 Å². The number of aromatic nitrogens is 1. The van der Waals surface area contributed by atoms with Crippen LogP contribution in [-0.2, 0) is 0 Å². The van der Waals surface area contributed by atoms with Crippen molar-refractivity contribution in [2.45, 2.75) is 12.8 Å². The molecule has 2 heterocycles. The van der Waals surface area contributed by atoms with Crippen LogP contribution in [0.4, 0.5) is 5.69 Å². The zero-order valence-corrected chi connectivity index (χ0v) is 19.2. The van der Waals surface area contributed by atoms with Gasteiger partial charge in [-0.05, 0) is 66.6 Å². The molecule has 0 aliphatic heterocycles. The second-order valence-electron chi connectivity index (χ2n) is 7.70. The lowest BCUT2D eigenvalue weighted by Gasteiger charge is -2.11. The first-order chi connectivity index (χ1) is 16.2. The summed E-state index contributed by atoms with van der Waals surface area (Å²) in [6.45, 7) is 3.00. The van der Waals surface area contributed by atoms with E-state index >= 15 is 0 Å². The van der Waals surface area contributed by atoms with Crippen LogP contribution >= 0.6 is 11.3 Å². The van der Waals surface area contributed by atoms with Crippen molar-refractivity contribution in [3.05, 3.63) is 70.3 Å². The molecule has 4 rings (SSSR count). The molecule has 0 atom stereocenters. The maximum Gasteiger partial charge on any atom is 0.257 e. The van der Waals surface area contributed by atoms with E-state index in [0.29, 0.717) is 17.9 Å². The molecule has 0 spiro atoms. The van der Waals surface area contributed by atoms with Gasteiger partial charge in [0.1, 0.15) is 5.75 Å². The van der Waals surface area contributed by atoms with Gasteiger partial charge in [0.2, 0.25) is 5.91 Å². The predicted molar refractivity (Wildman–Crippen MR) is 136 cm³/mol. The van der Waals surface area contributed by atoms with Crippen molar-refractivity contribution in [2.24, 2.45) is 5.73 Å². The fraction of sp³-hybridized carbons (Fsp3) is 0.280. The highest BCUT2D eigenvalue weighted by atomic mass is 32.1. The van der Waals surface area contributed by atoms with Gasteiger partial charge in [0.25, 0.3) is 5.56 Å². The highest BCUT2D eigenvalue weighted by molar-refractivity contribution is 7.17. The lowest BCUT2D eigenvalue weighted by atomic mass is 10.2. The van der Waals surface area contributed by atoms with E-state index in [2.05, 4.69) is 40.3 Å². The van der Waals surface area contributed by atoms with E-state index in [9.17, 15) is 9.59 Å². The Hall–Kier alpha value is -3.20. The van der Waals surface area contributed by atoms with E-state index in [-0.39, 0.29) is 12.1 Å². The molecule has 2 aromatic carbocycles. The van der Waals surface area contributed by atoms with Gasteiger partial charge in [-0.2, -0.15) is 0 Å². The fourth-order valence-electron chi connectivity index (χ4n) is 3.75. The molecule has 7 nitrogen and oxygen atoms in total. The largest absolute Gasteiger partial charge is 0.494 e. The molecule has 0 amide bonds. The number of nitrogens with two attached hydrogens (primary N) is 1. The summed E-state index contributed by atoms with van der Waals surface area (Å²) in [7, 11) is 0. The molecule has 0 aliphatic rings. The Labute approximate surface area is 196 Å². The summed E-state index contributed by atoms with van der Waals surface area (Å²) in [4.78, 5) is 24.2. The van der Waals surface area contributed by atoms with Gasteiger partial charge in [-0.1, -0.05) is 6.07 Å². The number of thiophene rings is 1. The molecule has 4 N–H and O–H groups in total. The summed E-state index contributed by atoms with van der Waals surface area (Å²) < 4.78 is 8.25. The van der Waals surface area contributed by atoms with E-state index in [1.807, 2.05) is 12.1 Å².